The summed E-state index contributed by atoms with van der Waals surface area (Å²) in [6, 6.07) is 3.98. The van der Waals surface area contributed by atoms with Gasteiger partial charge in [-0.1, -0.05) is 0 Å². The van der Waals surface area contributed by atoms with Crippen molar-refractivity contribution >= 4 is 30.7 Å². The average Bonchev–Trinajstić information content (AvgIpc) is 2.83. The van der Waals surface area contributed by atoms with E-state index in [1.54, 1.807) is 24.5 Å². The summed E-state index contributed by atoms with van der Waals surface area (Å²) < 4.78 is 5.76. The molecule has 0 bridgehead atoms. The third-order valence-corrected chi connectivity index (χ3v) is 3.60. The summed E-state index contributed by atoms with van der Waals surface area (Å²) in [6.07, 6.45) is 5.58. The highest BCUT2D eigenvalue weighted by molar-refractivity contribution is 5.94. The van der Waals surface area contributed by atoms with Crippen molar-refractivity contribution in [3.05, 3.63) is 30.1 Å². The number of carbonyl (C=O) groups is 1. The minimum Gasteiger partial charge on any atom is -0.374 e. The van der Waals surface area contributed by atoms with Gasteiger partial charge in [0.1, 0.15) is 0 Å². The molecule has 3 atom stereocenters. The zero-order chi connectivity index (χ0) is 12.4. The number of nitrogens with one attached hydrogen (secondary N) is 2. The van der Waals surface area contributed by atoms with Gasteiger partial charge in [-0.2, -0.15) is 0 Å². The Morgan fingerprint density at radius 3 is 3.05 bits per heavy atom. The van der Waals surface area contributed by atoms with Crippen LogP contribution in [0.4, 0.5) is 0 Å². The highest BCUT2D eigenvalue weighted by atomic mass is 35.5. The Balaban J connectivity index is 0.000001000. The largest absolute Gasteiger partial charge is 0.374 e. The summed E-state index contributed by atoms with van der Waals surface area (Å²) in [5.74, 6) is -0.0790. The van der Waals surface area contributed by atoms with Gasteiger partial charge in [0.15, 0.2) is 0 Å². The number of nitrogens with zero attached hydrogens (tertiary/aromatic N) is 1. The van der Waals surface area contributed by atoms with Crippen molar-refractivity contribution in [2.45, 2.75) is 31.0 Å². The second-order valence-corrected chi connectivity index (χ2v) is 4.81. The number of rotatable bonds is 2. The van der Waals surface area contributed by atoms with Crippen molar-refractivity contribution in [2.75, 3.05) is 13.2 Å². The minimum atomic E-state index is -0.0790. The first-order chi connectivity index (χ1) is 8.84. The molecule has 0 radical (unpaired) electrons. The van der Waals surface area contributed by atoms with Gasteiger partial charge in [-0.05, 0) is 25.0 Å². The van der Waals surface area contributed by atoms with E-state index >= 15 is 0 Å². The topological polar surface area (TPSA) is 63.2 Å². The quantitative estimate of drug-likeness (QED) is 0.859. The van der Waals surface area contributed by atoms with E-state index in [0.717, 1.165) is 26.0 Å². The van der Waals surface area contributed by atoms with Crippen LogP contribution in [0.2, 0.25) is 0 Å². The Morgan fingerprint density at radius 2 is 2.30 bits per heavy atom. The maximum Gasteiger partial charge on any atom is 0.253 e. The van der Waals surface area contributed by atoms with E-state index in [9.17, 15) is 4.79 Å². The normalized spacial score (nSPS) is 27.7. The Bertz CT molecular complexity index is 433. The number of fused-ring (bicyclic) bond motifs is 1. The minimum absolute atomic E-state index is 0. The number of aromatic nitrogens is 1. The van der Waals surface area contributed by atoms with Crippen LogP contribution in [0, 0.1) is 0 Å². The first-order valence-corrected chi connectivity index (χ1v) is 6.40. The van der Waals surface area contributed by atoms with Gasteiger partial charge in [0, 0.05) is 31.6 Å². The summed E-state index contributed by atoms with van der Waals surface area (Å²) in [5, 5.41) is 6.44. The molecule has 2 N–H and O–H groups in total. The molecule has 5 nitrogen and oxygen atoms in total. The maximum absolute atomic E-state index is 12.0. The molecule has 1 aromatic heterocycles. The van der Waals surface area contributed by atoms with Crippen LogP contribution in [0.1, 0.15) is 23.2 Å². The highest BCUT2D eigenvalue weighted by Crippen LogP contribution is 2.21. The summed E-state index contributed by atoms with van der Waals surface area (Å²) >= 11 is 0. The van der Waals surface area contributed by atoms with Crippen LogP contribution < -0.4 is 10.6 Å². The fraction of sp³-hybridized carbons (Fsp3) is 0.538. The standard InChI is InChI=1S/C13H17N3O2.2ClH/c17-13(9-3-1-5-14-7-9)16-11-8-15-10-4-2-6-18-12(10)11;;/h1,3,5,7,10-12,15H,2,4,6,8H2,(H,16,17);2*1H/t10-,11-,12+;;/m0../s1. The molecule has 2 aliphatic rings. The zero-order valence-corrected chi connectivity index (χ0v) is 12.6. The second-order valence-electron chi connectivity index (χ2n) is 4.81. The van der Waals surface area contributed by atoms with E-state index in [0.29, 0.717) is 11.6 Å². The van der Waals surface area contributed by atoms with Gasteiger partial charge < -0.3 is 15.4 Å². The first kappa shape index (κ1) is 17.2. The molecule has 1 amide bonds. The molecular weight excluding hydrogens is 301 g/mol. The Hall–Kier alpha value is -0.880. The van der Waals surface area contributed by atoms with Crippen molar-refractivity contribution in [1.29, 1.82) is 0 Å². The fourth-order valence-corrected chi connectivity index (χ4v) is 2.69. The van der Waals surface area contributed by atoms with Crippen molar-refractivity contribution in [1.82, 2.24) is 15.6 Å². The Morgan fingerprint density at radius 1 is 1.45 bits per heavy atom. The van der Waals surface area contributed by atoms with Crippen LogP contribution in [0.25, 0.3) is 0 Å². The molecule has 20 heavy (non-hydrogen) atoms. The summed E-state index contributed by atoms with van der Waals surface area (Å²) in [7, 11) is 0. The molecule has 2 fully saturated rings. The number of carbonyl (C=O) groups excluding carboxylic acids is 1. The molecule has 3 rings (SSSR count). The molecule has 0 spiro atoms. The Kier molecular flexibility index (Phi) is 6.68. The number of pyridine rings is 1. The van der Waals surface area contributed by atoms with Gasteiger partial charge >= 0.3 is 0 Å². The van der Waals surface area contributed by atoms with Crippen molar-refractivity contribution < 1.29 is 9.53 Å². The summed E-state index contributed by atoms with van der Waals surface area (Å²) in [4.78, 5) is 16.0. The van der Waals surface area contributed by atoms with Crippen LogP contribution in [-0.4, -0.2) is 42.2 Å². The van der Waals surface area contributed by atoms with Crippen molar-refractivity contribution in [3.63, 3.8) is 0 Å². The molecule has 0 saturated carbocycles. The third kappa shape index (κ3) is 3.61. The first-order valence-electron chi connectivity index (χ1n) is 6.40. The molecular formula is C13H19Cl2N3O2. The van der Waals surface area contributed by atoms with Gasteiger partial charge in [-0.15, -0.1) is 24.8 Å². The smallest absolute Gasteiger partial charge is 0.253 e. The van der Waals surface area contributed by atoms with Crippen LogP contribution in [-0.2, 0) is 4.74 Å². The number of amides is 1. The number of hydrogen-bond donors (Lipinski definition) is 2. The lowest BCUT2D eigenvalue weighted by molar-refractivity contribution is -0.00214. The van der Waals surface area contributed by atoms with Crippen LogP contribution in [0.15, 0.2) is 24.5 Å². The zero-order valence-electron chi connectivity index (χ0n) is 11.0. The molecule has 2 saturated heterocycles. The second kappa shape index (κ2) is 7.78. The van der Waals surface area contributed by atoms with Crippen LogP contribution in [0.3, 0.4) is 0 Å². The molecule has 112 valence electrons. The fourth-order valence-electron chi connectivity index (χ4n) is 2.69. The lowest BCUT2D eigenvalue weighted by atomic mass is 10.0. The molecule has 7 heteroatoms. The number of ether oxygens (including phenoxy) is 1. The number of halogens is 2. The molecule has 0 aromatic carbocycles. The number of hydrogen-bond acceptors (Lipinski definition) is 4. The van der Waals surface area contributed by atoms with Crippen LogP contribution in [0.5, 0.6) is 0 Å². The highest BCUT2D eigenvalue weighted by Gasteiger charge is 2.39. The molecule has 0 aliphatic carbocycles. The van der Waals surface area contributed by atoms with E-state index in [4.69, 9.17) is 4.74 Å². The van der Waals surface area contributed by atoms with Gasteiger partial charge in [-0.3, -0.25) is 9.78 Å². The summed E-state index contributed by atoms with van der Waals surface area (Å²) in [5.41, 5.74) is 0.594. The van der Waals surface area contributed by atoms with E-state index in [-0.39, 0.29) is 42.9 Å². The van der Waals surface area contributed by atoms with Crippen molar-refractivity contribution in [2.24, 2.45) is 0 Å². The lowest BCUT2D eigenvalue weighted by Crippen LogP contribution is -2.47. The predicted octanol–water partition coefficient (Wildman–Crippen LogP) is 1.17. The molecule has 1 aromatic rings. The van der Waals surface area contributed by atoms with Gasteiger partial charge in [-0.25, -0.2) is 0 Å². The monoisotopic (exact) mass is 319 g/mol. The van der Waals surface area contributed by atoms with Gasteiger partial charge in [0.2, 0.25) is 0 Å². The van der Waals surface area contributed by atoms with E-state index in [1.807, 2.05) is 0 Å². The van der Waals surface area contributed by atoms with Crippen molar-refractivity contribution in [3.8, 4) is 0 Å². The van der Waals surface area contributed by atoms with E-state index in [2.05, 4.69) is 15.6 Å². The molecule has 3 heterocycles. The van der Waals surface area contributed by atoms with E-state index in [1.165, 1.54) is 0 Å². The lowest BCUT2D eigenvalue weighted by Gasteiger charge is -2.29. The van der Waals surface area contributed by atoms with Crippen LogP contribution >= 0.6 is 24.8 Å². The Labute approximate surface area is 130 Å². The van der Waals surface area contributed by atoms with E-state index < -0.39 is 0 Å². The average molecular weight is 320 g/mol. The SMILES string of the molecule is Cl.Cl.O=C(N[C@H]1CN[C@H]2CCCO[C@H]21)c1cccnc1. The molecule has 2 aliphatic heterocycles. The predicted molar refractivity (Wildman–Crippen MR) is 80.8 cm³/mol. The van der Waals surface area contributed by atoms with Gasteiger partial charge in [0.05, 0.1) is 17.7 Å². The third-order valence-electron chi connectivity index (χ3n) is 3.60. The maximum atomic E-state index is 12.0. The summed E-state index contributed by atoms with van der Waals surface area (Å²) in [6.45, 7) is 1.57. The van der Waals surface area contributed by atoms with Gasteiger partial charge in [0.25, 0.3) is 5.91 Å². The molecule has 0 unspecified atom stereocenters.